The zero-order chi connectivity index (χ0) is 26.6. The number of anilines is 2. The highest BCUT2D eigenvalue weighted by Gasteiger charge is 2.19. The average Bonchev–Trinajstić information content (AvgIpc) is 3.43. The number of nitrogens with one attached hydrogen (secondary N) is 3. The second-order valence-electron chi connectivity index (χ2n) is 9.14. The third-order valence-electron chi connectivity index (χ3n) is 6.50. The number of fused-ring (bicyclic) bond motifs is 1. The molecule has 1 aromatic carbocycles. The summed E-state index contributed by atoms with van der Waals surface area (Å²) in [4.78, 5) is 34.7. The Balaban J connectivity index is 1.52. The van der Waals surface area contributed by atoms with Crippen molar-refractivity contribution >= 4 is 39.9 Å². The molecule has 1 unspecified atom stereocenters. The number of aromatic nitrogens is 3. The highest BCUT2D eigenvalue weighted by atomic mass is 16.5. The van der Waals surface area contributed by atoms with Crippen LogP contribution in [0.5, 0.6) is 0 Å². The van der Waals surface area contributed by atoms with Gasteiger partial charge in [0.1, 0.15) is 11.6 Å². The van der Waals surface area contributed by atoms with E-state index in [1.807, 2.05) is 43.3 Å². The standard InChI is InChI=1S/C29H28N6O3/c1-17-11-12-22-21(10-7-13-31-22)27(17)20-14-25(33-28(36)18(2)30-3)32-26(15-20)34-29(37)23-16-24(38-35-23)19-8-5-4-6-9-19/h4-5,7-8,10-16,18,30H,6,9H2,1-3H3,(H2,32,33,34,36,37). The van der Waals surface area contributed by atoms with Crippen LogP contribution < -0.4 is 16.0 Å². The Labute approximate surface area is 220 Å². The fraction of sp³-hybridized carbons (Fsp3) is 0.207. The van der Waals surface area contributed by atoms with E-state index in [0.717, 1.165) is 46.0 Å². The molecule has 3 heterocycles. The molecule has 2 amide bonds. The lowest BCUT2D eigenvalue weighted by Gasteiger charge is -2.15. The van der Waals surface area contributed by atoms with Gasteiger partial charge in [0.15, 0.2) is 11.5 Å². The number of benzene rings is 1. The summed E-state index contributed by atoms with van der Waals surface area (Å²) in [5.74, 6) is 0.430. The lowest BCUT2D eigenvalue weighted by atomic mass is 9.96. The minimum absolute atomic E-state index is 0.141. The summed E-state index contributed by atoms with van der Waals surface area (Å²) in [6.45, 7) is 3.76. The van der Waals surface area contributed by atoms with Crippen molar-refractivity contribution in [2.24, 2.45) is 0 Å². The van der Waals surface area contributed by atoms with E-state index in [4.69, 9.17) is 4.52 Å². The van der Waals surface area contributed by atoms with E-state index in [1.165, 1.54) is 0 Å². The zero-order valence-electron chi connectivity index (χ0n) is 21.4. The number of pyridine rings is 2. The maximum Gasteiger partial charge on any atom is 0.279 e. The van der Waals surface area contributed by atoms with Crippen LogP contribution in [0.2, 0.25) is 0 Å². The summed E-state index contributed by atoms with van der Waals surface area (Å²) in [6, 6.07) is 12.6. The summed E-state index contributed by atoms with van der Waals surface area (Å²) in [5.41, 5.74) is 4.70. The van der Waals surface area contributed by atoms with Gasteiger partial charge in [-0.05, 0) is 80.3 Å². The highest BCUT2D eigenvalue weighted by molar-refractivity contribution is 6.04. The van der Waals surface area contributed by atoms with Crippen molar-refractivity contribution in [3.63, 3.8) is 0 Å². The molecule has 0 fully saturated rings. The van der Waals surface area contributed by atoms with Crippen molar-refractivity contribution in [2.75, 3.05) is 17.7 Å². The van der Waals surface area contributed by atoms with Crippen LogP contribution in [-0.2, 0) is 4.79 Å². The van der Waals surface area contributed by atoms with Crippen molar-refractivity contribution in [1.82, 2.24) is 20.4 Å². The highest BCUT2D eigenvalue weighted by Crippen LogP contribution is 2.34. The summed E-state index contributed by atoms with van der Waals surface area (Å²) >= 11 is 0. The van der Waals surface area contributed by atoms with Gasteiger partial charge < -0.3 is 20.5 Å². The minimum Gasteiger partial charge on any atom is -0.356 e. The van der Waals surface area contributed by atoms with Crippen LogP contribution >= 0.6 is 0 Å². The quantitative estimate of drug-likeness (QED) is 0.316. The molecule has 0 spiro atoms. The first-order valence-electron chi connectivity index (χ1n) is 12.4. The Morgan fingerprint density at radius 2 is 1.89 bits per heavy atom. The van der Waals surface area contributed by atoms with E-state index < -0.39 is 11.9 Å². The minimum atomic E-state index is -0.464. The number of hydrogen-bond acceptors (Lipinski definition) is 7. The van der Waals surface area contributed by atoms with Crippen LogP contribution in [0, 0.1) is 6.92 Å². The molecule has 0 bridgehead atoms. The van der Waals surface area contributed by atoms with Gasteiger partial charge >= 0.3 is 0 Å². The number of allylic oxidation sites excluding steroid dienone is 4. The zero-order valence-corrected chi connectivity index (χ0v) is 21.4. The second-order valence-corrected chi connectivity index (χ2v) is 9.14. The van der Waals surface area contributed by atoms with E-state index in [-0.39, 0.29) is 17.4 Å². The molecule has 0 saturated carbocycles. The Kier molecular flexibility index (Phi) is 7.10. The smallest absolute Gasteiger partial charge is 0.279 e. The Hall–Kier alpha value is -4.63. The second kappa shape index (κ2) is 10.8. The maximum atomic E-state index is 13.1. The molecule has 0 aliphatic heterocycles. The van der Waals surface area contributed by atoms with E-state index in [9.17, 15) is 9.59 Å². The van der Waals surface area contributed by atoms with Crippen molar-refractivity contribution in [3.8, 4) is 11.1 Å². The normalized spacial score (nSPS) is 13.7. The monoisotopic (exact) mass is 508 g/mol. The molecule has 9 heteroatoms. The largest absolute Gasteiger partial charge is 0.356 e. The van der Waals surface area contributed by atoms with Crippen molar-refractivity contribution in [2.45, 2.75) is 32.7 Å². The van der Waals surface area contributed by atoms with Gasteiger partial charge in [-0.25, -0.2) is 4.98 Å². The summed E-state index contributed by atoms with van der Waals surface area (Å²) < 4.78 is 5.43. The number of rotatable bonds is 7. The SMILES string of the molecule is CNC(C)C(=O)Nc1cc(-c2c(C)ccc3ncccc23)cc(NC(=O)c2cc(C3=CC=CCC3)on2)n1. The lowest BCUT2D eigenvalue weighted by Crippen LogP contribution is -2.35. The molecule has 1 aliphatic carbocycles. The number of carbonyl (C=O) groups is 2. The topological polar surface area (TPSA) is 122 Å². The first-order chi connectivity index (χ1) is 18.4. The molecule has 0 radical (unpaired) electrons. The van der Waals surface area contributed by atoms with Crippen LogP contribution in [-0.4, -0.2) is 40.0 Å². The predicted octanol–water partition coefficient (Wildman–Crippen LogP) is 5.13. The third-order valence-corrected chi connectivity index (χ3v) is 6.50. The molecule has 1 atom stereocenters. The van der Waals surface area contributed by atoms with Gasteiger partial charge in [0.2, 0.25) is 5.91 Å². The number of nitrogens with zero attached hydrogens (tertiary/aromatic N) is 3. The Bertz CT molecular complexity index is 1590. The van der Waals surface area contributed by atoms with Crippen LogP contribution in [0.3, 0.4) is 0 Å². The molecule has 5 rings (SSSR count). The van der Waals surface area contributed by atoms with Gasteiger partial charge in [-0.1, -0.05) is 35.5 Å². The van der Waals surface area contributed by atoms with Crippen LogP contribution in [0.4, 0.5) is 11.6 Å². The van der Waals surface area contributed by atoms with E-state index in [2.05, 4.69) is 37.2 Å². The molecule has 0 saturated heterocycles. The summed E-state index contributed by atoms with van der Waals surface area (Å²) in [5, 5.41) is 13.5. The molecule has 3 aromatic heterocycles. The molecule has 38 heavy (non-hydrogen) atoms. The van der Waals surface area contributed by atoms with Gasteiger partial charge in [-0.3, -0.25) is 14.6 Å². The van der Waals surface area contributed by atoms with Crippen LogP contribution in [0.1, 0.15) is 41.6 Å². The third kappa shape index (κ3) is 5.23. The van der Waals surface area contributed by atoms with Crippen molar-refractivity contribution in [1.29, 1.82) is 0 Å². The fourth-order valence-electron chi connectivity index (χ4n) is 4.33. The molecular formula is C29H28N6O3. The number of amides is 2. The maximum absolute atomic E-state index is 13.1. The molecule has 9 nitrogen and oxygen atoms in total. The molecular weight excluding hydrogens is 480 g/mol. The molecule has 4 aromatic rings. The predicted molar refractivity (Wildman–Crippen MR) is 148 cm³/mol. The van der Waals surface area contributed by atoms with E-state index in [0.29, 0.717) is 11.6 Å². The van der Waals surface area contributed by atoms with Crippen molar-refractivity contribution < 1.29 is 14.1 Å². The summed E-state index contributed by atoms with van der Waals surface area (Å²) in [6.07, 6.45) is 9.48. The number of hydrogen-bond donors (Lipinski definition) is 3. The lowest BCUT2D eigenvalue weighted by molar-refractivity contribution is -0.117. The number of carbonyl (C=O) groups excluding carboxylic acids is 2. The Morgan fingerprint density at radius 3 is 2.66 bits per heavy atom. The van der Waals surface area contributed by atoms with E-state index >= 15 is 0 Å². The number of likely N-dealkylation sites (N-methyl/N-ethyl adjacent to an activating group) is 1. The van der Waals surface area contributed by atoms with E-state index in [1.54, 1.807) is 38.4 Å². The van der Waals surface area contributed by atoms with Gasteiger partial charge in [-0.15, -0.1) is 0 Å². The van der Waals surface area contributed by atoms with Gasteiger partial charge in [0.05, 0.1) is 11.6 Å². The Morgan fingerprint density at radius 1 is 1.08 bits per heavy atom. The van der Waals surface area contributed by atoms with Gasteiger partial charge in [0, 0.05) is 17.6 Å². The molecule has 1 aliphatic rings. The first kappa shape index (κ1) is 25.0. The number of aryl methyl sites for hydroxylation is 1. The van der Waals surface area contributed by atoms with Crippen LogP contribution in [0.15, 0.2) is 71.4 Å². The molecule has 192 valence electrons. The summed E-state index contributed by atoms with van der Waals surface area (Å²) in [7, 11) is 1.71. The fourth-order valence-corrected chi connectivity index (χ4v) is 4.33. The average molecular weight is 509 g/mol. The van der Waals surface area contributed by atoms with Gasteiger partial charge in [0.25, 0.3) is 5.91 Å². The van der Waals surface area contributed by atoms with Crippen LogP contribution in [0.25, 0.3) is 27.6 Å². The van der Waals surface area contributed by atoms with Gasteiger partial charge in [-0.2, -0.15) is 0 Å². The molecule has 3 N–H and O–H groups in total. The van der Waals surface area contributed by atoms with Crippen molar-refractivity contribution in [3.05, 3.63) is 83.9 Å². The first-order valence-corrected chi connectivity index (χ1v) is 12.4.